The van der Waals surface area contributed by atoms with Gasteiger partial charge in [0.25, 0.3) is 0 Å². The molecule has 216 valence electrons. The molecule has 3 aliphatic rings. The van der Waals surface area contributed by atoms with E-state index in [-0.39, 0.29) is 50.8 Å². The van der Waals surface area contributed by atoms with Crippen LogP contribution in [-0.4, -0.2) is 70.3 Å². The molecule has 1 saturated carbocycles. The molecule has 2 saturated heterocycles. The number of piperidine rings is 2. The zero-order valence-electron chi connectivity index (χ0n) is 22.7. The maximum Gasteiger partial charge on any atom is 0.410 e. The Morgan fingerprint density at radius 3 is 2.66 bits per heavy atom. The Kier molecular flexibility index (Phi) is 5.99. The van der Waals surface area contributed by atoms with Crippen molar-refractivity contribution in [3.8, 4) is 6.07 Å². The summed E-state index contributed by atoms with van der Waals surface area (Å²) in [6.07, 6.45) is -5.31. The van der Waals surface area contributed by atoms with Gasteiger partial charge in [-0.3, -0.25) is 4.98 Å². The van der Waals surface area contributed by atoms with Crippen LogP contribution in [0.5, 0.6) is 0 Å². The Morgan fingerprint density at radius 2 is 1.95 bits per heavy atom. The number of carbonyl (C=O) groups excluding carboxylic acids is 1. The van der Waals surface area contributed by atoms with Crippen LogP contribution in [0.2, 0.25) is 0 Å². The zero-order valence-corrected chi connectivity index (χ0v) is 22.7. The summed E-state index contributed by atoms with van der Waals surface area (Å²) in [5.74, 6) is -0.832. The molecule has 3 aromatic rings. The molecule has 3 fully saturated rings. The summed E-state index contributed by atoms with van der Waals surface area (Å²) in [5.41, 5.74) is -3.09. The molecule has 6 rings (SSSR count). The van der Waals surface area contributed by atoms with Gasteiger partial charge in [-0.1, -0.05) is 0 Å². The minimum Gasteiger partial charge on any atom is -0.444 e. The van der Waals surface area contributed by atoms with Gasteiger partial charge in [0.1, 0.15) is 23.3 Å². The fourth-order valence-electron chi connectivity index (χ4n) is 6.38. The van der Waals surface area contributed by atoms with Crippen molar-refractivity contribution in [2.24, 2.45) is 5.41 Å². The van der Waals surface area contributed by atoms with Crippen molar-refractivity contribution in [2.45, 2.75) is 62.9 Å². The van der Waals surface area contributed by atoms with Gasteiger partial charge < -0.3 is 19.0 Å². The first-order valence-electron chi connectivity index (χ1n) is 13.3. The summed E-state index contributed by atoms with van der Waals surface area (Å²) in [5, 5.41) is 18.2. The number of rotatable bonds is 3. The molecule has 2 aliphatic heterocycles. The van der Waals surface area contributed by atoms with E-state index in [2.05, 4.69) is 21.3 Å². The quantitative estimate of drug-likeness (QED) is 0.391. The highest BCUT2D eigenvalue weighted by Crippen LogP contribution is 2.75. The molecular formula is C28H28F4N6O3. The highest BCUT2D eigenvalue weighted by molar-refractivity contribution is 5.95. The number of hydrogen-bond donors (Lipinski definition) is 0. The smallest absolute Gasteiger partial charge is 0.410 e. The average molecular weight is 573 g/mol. The molecule has 41 heavy (non-hydrogen) atoms. The second kappa shape index (κ2) is 9.03. The van der Waals surface area contributed by atoms with Crippen LogP contribution >= 0.6 is 0 Å². The molecule has 0 N–H and O–H groups in total. The van der Waals surface area contributed by atoms with E-state index in [1.165, 1.54) is 11.1 Å². The van der Waals surface area contributed by atoms with Crippen LogP contribution in [0.1, 0.15) is 56.9 Å². The van der Waals surface area contributed by atoms with E-state index in [0.717, 1.165) is 0 Å². The lowest BCUT2D eigenvalue weighted by atomic mass is 9.95. The van der Waals surface area contributed by atoms with Gasteiger partial charge in [0.2, 0.25) is 11.8 Å². The first-order valence-corrected chi connectivity index (χ1v) is 13.3. The van der Waals surface area contributed by atoms with Crippen LogP contribution < -0.4 is 4.90 Å². The SMILES string of the molecule is CC(C)(C)OC(=O)N1CC(F)CC(c2nnc([C@]34CN(c5ccc(C#N)c6ncccc56)C[C@@]3(C(F)(F)F)C4)o2)C1. The molecule has 9 nitrogen and oxygen atoms in total. The number of pyridine rings is 1. The third kappa shape index (κ3) is 4.35. The van der Waals surface area contributed by atoms with Gasteiger partial charge in [-0.05, 0) is 57.9 Å². The minimum atomic E-state index is -4.56. The average Bonchev–Trinajstić information content (AvgIpc) is 3.21. The van der Waals surface area contributed by atoms with Gasteiger partial charge in [-0.25, -0.2) is 9.18 Å². The number of alkyl halides is 4. The molecule has 2 unspecified atom stereocenters. The molecule has 13 heteroatoms. The number of benzene rings is 1. The maximum absolute atomic E-state index is 14.7. The highest BCUT2D eigenvalue weighted by atomic mass is 19.4. The standard InChI is InChI=1S/C28H28F4N6O3/c1-25(2,3)41-24(39)37-11-17(9-18(29)12-37)22-35-36-23(40-22)26-13-27(26,28(30,31)32)15-38(14-26)20-7-6-16(10-33)21-19(20)5-4-8-34-21/h4-8,17-18H,9,11-15H2,1-3H3/t17?,18?,26-,27-/m0/s1. The van der Waals surface area contributed by atoms with Gasteiger partial charge >= 0.3 is 12.3 Å². The lowest BCUT2D eigenvalue weighted by Crippen LogP contribution is -2.46. The lowest BCUT2D eigenvalue weighted by molar-refractivity contribution is -0.187. The van der Waals surface area contributed by atoms with Crippen molar-refractivity contribution in [3.05, 3.63) is 47.8 Å². The Bertz CT molecular complexity index is 1560. The summed E-state index contributed by atoms with van der Waals surface area (Å²) in [7, 11) is 0. The molecule has 0 bridgehead atoms. The third-order valence-electron chi connectivity index (χ3n) is 8.32. The first-order chi connectivity index (χ1) is 19.3. The highest BCUT2D eigenvalue weighted by Gasteiger charge is 2.86. The summed E-state index contributed by atoms with van der Waals surface area (Å²) in [4.78, 5) is 19.7. The van der Waals surface area contributed by atoms with Crippen LogP contribution in [0.15, 0.2) is 34.9 Å². The summed E-state index contributed by atoms with van der Waals surface area (Å²) < 4.78 is 69.9. The van der Waals surface area contributed by atoms with E-state index in [1.54, 1.807) is 49.9 Å². The van der Waals surface area contributed by atoms with Crippen LogP contribution in [0, 0.1) is 16.7 Å². The van der Waals surface area contributed by atoms with Gasteiger partial charge in [0, 0.05) is 36.9 Å². The molecule has 2 aromatic heterocycles. The van der Waals surface area contributed by atoms with Crippen molar-refractivity contribution in [1.29, 1.82) is 5.26 Å². The molecular weight excluding hydrogens is 544 g/mol. The van der Waals surface area contributed by atoms with E-state index in [9.17, 15) is 27.6 Å². The van der Waals surface area contributed by atoms with Gasteiger partial charge in [0.15, 0.2) is 0 Å². The summed E-state index contributed by atoms with van der Waals surface area (Å²) in [6.45, 7) is 4.63. The van der Waals surface area contributed by atoms with E-state index in [4.69, 9.17) is 9.15 Å². The van der Waals surface area contributed by atoms with Crippen molar-refractivity contribution in [2.75, 3.05) is 31.1 Å². The molecule has 1 aromatic carbocycles. The Labute approximate surface area is 233 Å². The number of halogens is 4. The number of amides is 1. The maximum atomic E-state index is 14.7. The van der Waals surface area contributed by atoms with Gasteiger partial charge in [-0.2, -0.15) is 18.4 Å². The lowest BCUT2D eigenvalue weighted by Gasteiger charge is -2.34. The third-order valence-corrected chi connectivity index (χ3v) is 8.32. The Morgan fingerprint density at radius 1 is 1.17 bits per heavy atom. The number of fused-ring (bicyclic) bond motifs is 2. The van der Waals surface area contributed by atoms with E-state index >= 15 is 0 Å². The van der Waals surface area contributed by atoms with Gasteiger partial charge in [0.05, 0.1) is 29.0 Å². The number of nitriles is 1. The van der Waals surface area contributed by atoms with E-state index in [0.29, 0.717) is 22.2 Å². The zero-order chi connectivity index (χ0) is 29.4. The van der Waals surface area contributed by atoms with E-state index in [1.807, 2.05) is 0 Å². The van der Waals surface area contributed by atoms with Crippen molar-refractivity contribution in [1.82, 2.24) is 20.1 Å². The monoisotopic (exact) mass is 572 g/mol. The van der Waals surface area contributed by atoms with Crippen LogP contribution in [0.4, 0.5) is 28.0 Å². The predicted molar refractivity (Wildman–Crippen MR) is 138 cm³/mol. The second-order valence-electron chi connectivity index (χ2n) is 12.2. The van der Waals surface area contributed by atoms with Crippen LogP contribution in [0.25, 0.3) is 10.9 Å². The number of likely N-dealkylation sites (tertiary alicyclic amines) is 1. The normalized spacial score (nSPS) is 28.0. The van der Waals surface area contributed by atoms with Crippen LogP contribution in [-0.2, 0) is 10.2 Å². The second-order valence-corrected chi connectivity index (χ2v) is 12.2. The molecule has 0 radical (unpaired) electrons. The molecule has 1 aliphatic carbocycles. The van der Waals surface area contributed by atoms with E-state index < -0.39 is 40.8 Å². The van der Waals surface area contributed by atoms with Crippen LogP contribution in [0.3, 0.4) is 0 Å². The number of aromatic nitrogens is 3. The predicted octanol–water partition coefficient (Wildman–Crippen LogP) is 5.26. The first kappa shape index (κ1) is 27.2. The molecule has 1 amide bonds. The summed E-state index contributed by atoms with van der Waals surface area (Å²) in [6, 6.07) is 8.67. The number of hydrogen-bond acceptors (Lipinski definition) is 8. The molecule has 0 spiro atoms. The number of anilines is 1. The summed E-state index contributed by atoms with van der Waals surface area (Å²) >= 11 is 0. The van der Waals surface area contributed by atoms with Gasteiger partial charge in [-0.15, -0.1) is 10.2 Å². The Hall–Kier alpha value is -3.95. The molecule has 4 atom stereocenters. The van der Waals surface area contributed by atoms with Crippen molar-refractivity contribution < 1.29 is 31.5 Å². The Balaban J connectivity index is 1.31. The van der Waals surface area contributed by atoms with Crippen molar-refractivity contribution >= 4 is 22.7 Å². The number of carbonyl (C=O) groups is 1. The minimum absolute atomic E-state index is 0.000249. The fourth-order valence-corrected chi connectivity index (χ4v) is 6.38. The molecule has 4 heterocycles. The fraction of sp³-hybridized carbons (Fsp3) is 0.536. The largest absolute Gasteiger partial charge is 0.444 e. The topological polar surface area (TPSA) is 108 Å². The number of nitrogens with zero attached hydrogens (tertiary/aromatic N) is 6. The number of ether oxygens (including phenoxy) is 1. The van der Waals surface area contributed by atoms with Crippen molar-refractivity contribution in [3.63, 3.8) is 0 Å².